The van der Waals surface area contributed by atoms with Gasteiger partial charge in [0.15, 0.2) is 0 Å². The molecule has 0 rings (SSSR count). The van der Waals surface area contributed by atoms with Crippen molar-refractivity contribution in [1.82, 2.24) is 0 Å². The van der Waals surface area contributed by atoms with Crippen LogP contribution in [0.5, 0.6) is 0 Å². The van der Waals surface area contributed by atoms with Crippen molar-refractivity contribution in [2.24, 2.45) is 0 Å². The van der Waals surface area contributed by atoms with Crippen molar-refractivity contribution in [3.05, 3.63) is 0 Å². The Hall–Kier alpha value is 0.220. The molecule has 0 aliphatic carbocycles. The highest BCUT2D eigenvalue weighted by Crippen LogP contribution is 2.06. The Balaban J connectivity index is 0. The molecule has 0 amide bonds. The molecule has 0 aromatic heterocycles. The maximum Gasteiger partial charge on any atom is 0.314 e. The minimum absolute atomic E-state index is 0. The van der Waals surface area contributed by atoms with Crippen LogP contribution in [-0.4, -0.2) is 23.9 Å². The average molecular weight is 374 g/mol. The number of thioether (sulfide) groups is 1. The average Bonchev–Trinajstić information content (AvgIpc) is 2.26. The molecule has 0 N–H and O–H groups in total. The summed E-state index contributed by atoms with van der Waals surface area (Å²) in [6, 6.07) is 0. The first-order valence-corrected chi connectivity index (χ1v) is 7.32. The molecular weight excluding hydrogens is 351 g/mol. The van der Waals surface area contributed by atoms with Gasteiger partial charge in [0.1, 0.15) is 0 Å². The SMILES string of the molecule is CCCCCCCC(=O)OC(=O)CCSC.I. The van der Waals surface area contributed by atoms with Crippen LogP contribution >= 0.6 is 35.7 Å². The summed E-state index contributed by atoms with van der Waals surface area (Å²) in [5.41, 5.74) is 0. The van der Waals surface area contributed by atoms with E-state index in [9.17, 15) is 9.59 Å². The van der Waals surface area contributed by atoms with Gasteiger partial charge in [-0.25, -0.2) is 0 Å². The molecule has 0 unspecified atom stereocenters. The van der Waals surface area contributed by atoms with Crippen molar-refractivity contribution in [1.29, 1.82) is 0 Å². The molecule has 0 bridgehead atoms. The van der Waals surface area contributed by atoms with Gasteiger partial charge in [-0.15, -0.1) is 24.0 Å². The number of esters is 2. The van der Waals surface area contributed by atoms with Gasteiger partial charge in [-0.2, -0.15) is 11.8 Å². The lowest BCUT2D eigenvalue weighted by molar-refractivity contribution is -0.159. The van der Waals surface area contributed by atoms with E-state index >= 15 is 0 Å². The fraction of sp³-hybridized carbons (Fsp3) is 0.833. The van der Waals surface area contributed by atoms with Crippen molar-refractivity contribution in [2.45, 2.75) is 51.9 Å². The van der Waals surface area contributed by atoms with Crippen molar-refractivity contribution in [3.63, 3.8) is 0 Å². The van der Waals surface area contributed by atoms with Crippen LogP contribution in [0, 0.1) is 0 Å². The first kappa shape index (κ1) is 19.6. The van der Waals surface area contributed by atoms with Crippen LogP contribution in [0.25, 0.3) is 0 Å². The zero-order valence-corrected chi connectivity index (χ0v) is 13.8. The van der Waals surface area contributed by atoms with Crippen LogP contribution in [0.2, 0.25) is 0 Å². The molecule has 0 heterocycles. The maximum atomic E-state index is 11.2. The van der Waals surface area contributed by atoms with Gasteiger partial charge in [0.25, 0.3) is 0 Å². The fourth-order valence-corrected chi connectivity index (χ4v) is 1.66. The fourth-order valence-electron chi connectivity index (χ4n) is 1.29. The zero-order chi connectivity index (χ0) is 12.2. The number of carbonyl (C=O) groups is 2. The lowest BCUT2D eigenvalue weighted by atomic mass is 10.1. The summed E-state index contributed by atoms with van der Waals surface area (Å²) < 4.78 is 4.67. The van der Waals surface area contributed by atoms with Crippen LogP contribution in [-0.2, 0) is 14.3 Å². The van der Waals surface area contributed by atoms with Gasteiger partial charge in [-0.3, -0.25) is 9.59 Å². The molecule has 0 saturated carbocycles. The number of hydrogen-bond acceptors (Lipinski definition) is 4. The lowest BCUT2D eigenvalue weighted by Gasteiger charge is -2.02. The van der Waals surface area contributed by atoms with Crippen molar-refractivity contribution in [3.8, 4) is 0 Å². The van der Waals surface area contributed by atoms with E-state index in [2.05, 4.69) is 11.7 Å². The molecular formula is C12H23IO3S. The van der Waals surface area contributed by atoms with E-state index in [0.29, 0.717) is 18.6 Å². The van der Waals surface area contributed by atoms with E-state index in [1.54, 1.807) is 11.8 Å². The molecule has 17 heavy (non-hydrogen) atoms. The molecule has 3 nitrogen and oxygen atoms in total. The van der Waals surface area contributed by atoms with Crippen molar-refractivity contribution >= 4 is 47.7 Å². The summed E-state index contributed by atoms with van der Waals surface area (Å²) >= 11 is 1.57. The number of unbranched alkanes of at least 4 members (excludes halogenated alkanes) is 4. The number of halogens is 1. The number of rotatable bonds is 9. The largest absolute Gasteiger partial charge is 0.393 e. The third-order valence-electron chi connectivity index (χ3n) is 2.22. The highest BCUT2D eigenvalue weighted by Gasteiger charge is 2.09. The second-order valence-corrected chi connectivity index (χ2v) is 4.74. The van der Waals surface area contributed by atoms with Crippen LogP contribution in [0.3, 0.4) is 0 Å². The Morgan fingerprint density at radius 2 is 1.59 bits per heavy atom. The monoisotopic (exact) mass is 374 g/mol. The van der Waals surface area contributed by atoms with Gasteiger partial charge >= 0.3 is 11.9 Å². The zero-order valence-electron chi connectivity index (χ0n) is 10.7. The van der Waals surface area contributed by atoms with E-state index in [4.69, 9.17) is 0 Å². The predicted octanol–water partition coefficient (Wildman–Crippen LogP) is 3.79. The number of carbonyl (C=O) groups excluding carboxylic acids is 2. The Labute approximate surface area is 125 Å². The quantitative estimate of drug-likeness (QED) is 0.267. The van der Waals surface area contributed by atoms with Crippen molar-refractivity contribution in [2.75, 3.05) is 12.0 Å². The third kappa shape index (κ3) is 14.2. The second-order valence-electron chi connectivity index (χ2n) is 3.75. The second kappa shape index (κ2) is 14.3. The van der Waals surface area contributed by atoms with Gasteiger partial charge in [-0.05, 0) is 12.7 Å². The van der Waals surface area contributed by atoms with Gasteiger partial charge in [-0.1, -0.05) is 32.6 Å². The topological polar surface area (TPSA) is 43.4 Å². The minimum atomic E-state index is -0.395. The summed E-state index contributed by atoms with van der Waals surface area (Å²) in [5, 5.41) is 0. The van der Waals surface area contributed by atoms with E-state index < -0.39 is 5.97 Å². The smallest absolute Gasteiger partial charge is 0.314 e. The molecule has 102 valence electrons. The standard InChI is InChI=1S/C12H22O3S.HI/c1-3-4-5-6-7-8-11(13)15-12(14)9-10-16-2;/h3-10H2,1-2H3;1H. The molecule has 0 radical (unpaired) electrons. The van der Waals surface area contributed by atoms with Gasteiger partial charge < -0.3 is 4.74 Å². The first-order valence-electron chi connectivity index (χ1n) is 5.93. The molecule has 0 aromatic rings. The minimum Gasteiger partial charge on any atom is -0.393 e. The van der Waals surface area contributed by atoms with Crippen molar-refractivity contribution < 1.29 is 14.3 Å². The van der Waals surface area contributed by atoms with Crippen LogP contribution in [0.4, 0.5) is 0 Å². The lowest BCUT2D eigenvalue weighted by Crippen LogP contribution is -2.12. The molecule has 0 aliphatic rings. The highest BCUT2D eigenvalue weighted by molar-refractivity contribution is 14.0. The molecule has 0 aromatic carbocycles. The van der Waals surface area contributed by atoms with Gasteiger partial charge in [0.2, 0.25) is 0 Å². The van der Waals surface area contributed by atoms with Crippen LogP contribution in [0.15, 0.2) is 0 Å². The van der Waals surface area contributed by atoms with E-state index in [-0.39, 0.29) is 29.9 Å². The normalized spacial score (nSPS) is 9.53. The Morgan fingerprint density at radius 1 is 1.00 bits per heavy atom. The van der Waals surface area contributed by atoms with Gasteiger partial charge in [0, 0.05) is 12.2 Å². The predicted molar refractivity (Wildman–Crippen MR) is 82.9 cm³/mol. The number of ether oxygens (including phenoxy) is 1. The Kier molecular flexibility index (Phi) is 16.4. The first-order chi connectivity index (χ1) is 7.70. The summed E-state index contributed by atoms with van der Waals surface area (Å²) in [5.74, 6) is -0.0571. The molecule has 0 atom stereocenters. The number of hydrogen-bond donors (Lipinski definition) is 0. The van der Waals surface area contributed by atoms with Gasteiger partial charge in [0.05, 0.1) is 6.42 Å². The Morgan fingerprint density at radius 3 is 2.18 bits per heavy atom. The van der Waals surface area contributed by atoms with E-state index in [1.165, 1.54) is 12.8 Å². The molecule has 5 heteroatoms. The molecule has 0 fully saturated rings. The van der Waals surface area contributed by atoms with Crippen LogP contribution in [0.1, 0.15) is 51.9 Å². The highest BCUT2D eigenvalue weighted by atomic mass is 127. The molecule has 0 spiro atoms. The summed E-state index contributed by atoms with van der Waals surface area (Å²) in [4.78, 5) is 22.3. The summed E-state index contributed by atoms with van der Waals surface area (Å²) in [6.07, 6.45) is 8.04. The maximum absolute atomic E-state index is 11.2. The van der Waals surface area contributed by atoms with Crippen LogP contribution < -0.4 is 0 Å². The summed E-state index contributed by atoms with van der Waals surface area (Å²) in [6.45, 7) is 2.15. The molecule has 0 aliphatic heterocycles. The Bertz CT molecular complexity index is 210. The van der Waals surface area contributed by atoms with E-state index in [1.807, 2.05) is 6.26 Å². The molecule has 0 saturated heterocycles. The van der Waals surface area contributed by atoms with E-state index in [0.717, 1.165) is 19.3 Å². The third-order valence-corrected chi connectivity index (χ3v) is 2.83. The summed E-state index contributed by atoms with van der Waals surface area (Å²) in [7, 11) is 0.